The van der Waals surface area contributed by atoms with Gasteiger partial charge in [-0.2, -0.15) is 13.2 Å². The number of anilines is 1. The molecule has 1 aliphatic heterocycles. The van der Waals surface area contributed by atoms with Crippen LogP contribution in [0, 0.1) is 11.8 Å². The molecule has 0 radical (unpaired) electrons. The number of amides is 1. The maximum atomic E-state index is 13.0. The summed E-state index contributed by atoms with van der Waals surface area (Å²) in [6, 6.07) is 11.5. The van der Waals surface area contributed by atoms with Crippen molar-refractivity contribution >= 4 is 23.2 Å². The van der Waals surface area contributed by atoms with Crippen molar-refractivity contribution in [3.8, 4) is 29.0 Å². The number of benzene rings is 2. The largest absolute Gasteiger partial charge is 0.491 e. The van der Waals surface area contributed by atoms with Crippen molar-refractivity contribution in [1.82, 2.24) is 19.8 Å². The van der Waals surface area contributed by atoms with Crippen molar-refractivity contribution in [2.75, 3.05) is 51.7 Å². The molecule has 0 bridgehead atoms. The van der Waals surface area contributed by atoms with Crippen LogP contribution in [-0.4, -0.2) is 72.1 Å². The Bertz CT molecular complexity index is 1320. The van der Waals surface area contributed by atoms with Crippen molar-refractivity contribution in [3.05, 3.63) is 64.9 Å². The van der Waals surface area contributed by atoms with Gasteiger partial charge in [0.1, 0.15) is 17.3 Å². The minimum absolute atomic E-state index is 0.0134. The molecule has 0 spiro atoms. The lowest BCUT2D eigenvalue weighted by molar-refractivity contribution is -0.140. The molecule has 2 N–H and O–H groups in total. The fourth-order valence-electron chi connectivity index (χ4n) is 3.90. The molecular weight excluding hydrogens is 519 g/mol. The molecule has 0 aliphatic carbocycles. The minimum Gasteiger partial charge on any atom is -0.491 e. The van der Waals surface area contributed by atoms with E-state index in [4.69, 9.17) is 16.3 Å². The number of ether oxygens (including phenoxy) is 1. The number of likely N-dealkylation sites (N-methyl/N-ethyl adjacent to an activating group) is 1. The first-order chi connectivity index (χ1) is 18.2. The number of H-pyrrole nitrogens is 1. The number of nitrogens with one attached hydrogen (secondary N) is 2. The highest BCUT2D eigenvalue weighted by Gasteiger charge is 2.33. The molecule has 1 fully saturated rings. The number of imidazole rings is 1. The summed E-state index contributed by atoms with van der Waals surface area (Å²) in [7, 11) is 2.10. The van der Waals surface area contributed by atoms with Crippen LogP contribution in [0.2, 0.25) is 5.02 Å². The highest BCUT2D eigenvalue weighted by Crippen LogP contribution is 2.33. The number of carbonyl (C=O) groups excluding carboxylic acids is 1. The zero-order valence-electron chi connectivity index (χ0n) is 20.7. The van der Waals surface area contributed by atoms with Crippen molar-refractivity contribution in [2.45, 2.75) is 12.6 Å². The predicted molar refractivity (Wildman–Crippen MR) is 140 cm³/mol. The van der Waals surface area contributed by atoms with E-state index in [0.29, 0.717) is 28.5 Å². The minimum atomic E-state index is -4.55. The normalized spacial score (nSPS) is 14.6. The maximum Gasteiger partial charge on any atom is 0.432 e. The van der Waals surface area contributed by atoms with E-state index in [1.165, 1.54) is 6.07 Å². The monoisotopic (exact) mass is 545 g/mol. The Balaban J connectivity index is 1.48. The van der Waals surface area contributed by atoms with Gasteiger partial charge < -0.3 is 24.8 Å². The zero-order chi connectivity index (χ0) is 27.1. The summed E-state index contributed by atoms with van der Waals surface area (Å²) >= 11 is 5.96. The molecule has 38 heavy (non-hydrogen) atoms. The Labute approximate surface area is 223 Å². The fraction of sp³-hybridized carbons (Fsp3) is 0.333. The molecule has 1 aromatic heterocycles. The highest BCUT2D eigenvalue weighted by atomic mass is 35.5. The third kappa shape index (κ3) is 7.74. The van der Waals surface area contributed by atoms with Crippen molar-refractivity contribution in [3.63, 3.8) is 0 Å². The van der Waals surface area contributed by atoms with Gasteiger partial charge in [0.2, 0.25) is 0 Å². The van der Waals surface area contributed by atoms with E-state index in [2.05, 4.69) is 44.0 Å². The third-order valence-electron chi connectivity index (χ3n) is 6.00. The third-order valence-corrected chi connectivity index (χ3v) is 6.23. The number of aromatic amines is 1. The average molecular weight is 546 g/mol. The molecule has 200 valence electrons. The molecule has 11 heteroatoms. The number of carbonyl (C=O) groups is 1. The lowest BCUT2D eigenvalue weighted by atomic mass is 10.1. The maximum absolute atomic E-state index is 13.0. The van der Waals surface area contributed by atoms with Crippen LogP contribution in [0.5, 0.6) is 5.75 Å². The zero-order valence-corrected chi connectivity index (χ0v) is 21.5. The summed E-state index contributed by atoms with van der Waals surface area (Å²) in [5.74, 6) is 5.03. The molecule has 0 unspecified atom stereocenters. The van der Waals surface area contributed by atoms with Crippen molar-refractivity contribution in [1.29, 1.82) is 0 Å². The van der Waals surface area contributed by atoms with E-state index < -0.39 is 17.8 Å². The van der Waals surface area contributed by atoms with Crippen LogP contribution in [0.1, 0.15) is 17.7 Å². The predicted octanol–water partition coefficient (Wildman–Crippen LogP) is 4.76. The van der Waals surface area contributed by atoms with E-state index in [1.54, 1.807) is 36.4 Å². The second-order valence-corrected chi connectivity index (χ2v) is 9.35. The molecule has 0 atom stereocenters. The number of alkyl halides is 3. The second kappa shape index (κ2) is 12.3. The Morgan fingerprint density at radius 3 is 2.68 bits per heavy atom. The first-order valence-corrected chi connectivity index (χ1v) is 12.4. The molecular formula is C27H27ClF3N5O2. The summed E-state index contributed by atoms with van der Waals surface area (Å²) in [6.45, 7) is 5.34. The van der Waals surface area contributed by atoms with Gasteiger partial charge in [0.05, 0.1) is 18.5 Å². The van der Waals surface area contributed by atoms with Crippen LogP contribution in [0.25, 0.3) is 11.4 Å². The number of piperazine rings is 1. The number of hydrogen-bond donors (Lipinski definition) is 2. The standard InChI is InChI=1S/C27H27ClF3N5O2/c1-35-11-13-36(14-12-35)10-3-15-38-23-8-7-20(26-32-18-24(34-26)27(29,30)31)17-22(23)33-25(37)9-6-19-4-2-5-21(28)16-19/h2,4-5,7-8,16-18H,3,10-15H2,1H3,(H,32,34)(H,33,37). The van der Waals surface area contributed by atoms with Crippen LogP contribution >= 0.6 is 11.6 Å². The Morgan fingerprint density at radius 1 is 1.18 bits per heavy atom. The summed E-state index contributed by atoms with van der Waals surface area (Å²) in [6.07, 6.45) is -3.04. The van der Waals surface area contributed by atoms with Gasteiger partial charge in [-0.1, -0.05) is 23.6 Å². The summed E-state index contributed by atoms with van der Waals surface area (Å²) in [5, 5.41) is 3.18. The van der Waals surface area contributed by atoms with E-state index in [0.717, 1.165) is 45.3 Å². The Morgan fingerprint density at radius 2 is 1.97 bits per heavy atom. The van der Waals surface area contributed by atoms with Crippen molar-refractivity contribution in [2.24, 2.45) is 0 Å². The van der Waals surface area contributed by atoms with E-state index in [9.17, 15) is 18.0 Å². The van der Waals surface area contributed by atoms with E-state index in [-0.39, 0.29) is 11.5 Å². The molecule has 1 aliphatic rings. The second-order valence-electron chi connectivity index (χ2n) is 8.92. The van der Waals surface area contributed by atoms with Gasteiger partial charge in [-0.05, 0) is 49.9 Å². The van der Waals surface area contributed by atoms with Gasteiger partial charge in [0.25, 0.3) is 0 Å². The number of rotatable bonds is 7. The first kappa shape index (κ1) is 27.5. The van der Waals surface area contributed by atoms with Gasteiger partial charge in [-0.15, -0.1) is 0 Å². The summed E-state index contributed by atoms with van der Waals surface area (Å²) < 4.78 is 45.0. The Kier molecular flexibility index (Phi) is 8.94. The van der Waals surface area contributed by atoms with Crippen LogP contribution in [0.15, 0.2) is 48.7 Å². The summed E-state index contributed by atoms with van der Waals surface area (Å²) in [5.41, 5.74) is 0.229. The van der Waals surface area contributed by atoms with Gasteiger partial charge in [-0.3, -0.25) is 4.79 Å². The molecule has 2 heterocycles. The molecule has 3 aromatic rings. The highest BCUT2D eigenvalue weighted by molar-refractivity contribution is 6.30. The molecule has 7 nitrogen and oxygen atoms in total. The molecule has 0 saturated carbocycles. The van der Waals surface area contributed by atoms with Crippen LogP contribution in [0.4, 0.5) is 18.9 Å². The topological polar surface area (TPSA) is 73.5 Å². The van der Waals surface area contributed by atoms with Crippen LogP contribution in [0.3, 0.4) is 0 Å². The van der Waals surface area contributed by atoms with Gasteiger partial charge in [0, 0.05) is 54.8 Å². The summed E-state index contributed by atoms with van der Waals surface area (Å²) in [4.78, 5) is 23.4. The lowest BCUT2D eigenvalue weighted by Gasteiger charge is -2.32. The van der Waals surface area contributed by atoms with Crippen LogP contribution in [-0.2, 0) is 11.0 Å². The molecule has 1 saturated heterocycles. The van der Waals surface area contributed by atoms with Gasteiger partial charge in [-0.25, -0.2) is 4.98 Å². The van der Waals surface area contributed by atoms with Gasteiger partial charge in [0.15, 0.2) is 0 Å². The van der Waals surface area contributed by atoms with Gasteiger partial charge >= 0.3 is 12.1 Å². The number of hydrogen-bond acceptors (Lipinski definition) is 5. The Hall–Kier alpha value is -3.52. The fourth-order valence-corrected chi connectivity index (χ4v) is 4.09. The first-order valence-electron chi connectivity index (χ1n) is 12.1. The molecule has 4 rings (SSSR count). The van der Waals surface area contributed by atoms with E-state index >= 15 is 0 Å². The number of nitrogens with zero attached hydrogens (tertiary/aromatic N) is 3. The number of aromatic nitrogens is 2. The molecule has 2 aromatic carbocycles. The van der Waals surface area contributed by atoms with Crippen LogP contribution < -0.4 is 10.1 Å². The van der Waals surface area contributed by atoms with E-state index in [1.807, 2.05) is 0 Å². The SMILES string of the molecule is CN1CCN(CCCOc2ccc(-c3ncc(C(F)(F)F)[nH]3)cc2NC(=O)C#Cc2cccc(Cl)c2)CC1. The molecule has 1 amide bonds. The lowest BCUT2D eigenvalue weighted by Crippen LogP contribution is -2.44. The van der Waals surface area contributed by atoms with Crippen molar-refractivity contribution < 1.29 is 22.7 Å². The smallest absolute Gasteiger partial charge is 0.432 e. The number of halogens is 4. The average Bonchev–Trinajstić information content (AvgIpc) is 3.38. The quantitative estimate of drug-likeness (QED) is 0.331.